The molecule has 0 radical (unpaired) electrons. The van der Waals surface area contributed by atoms with Crippen molar-refractivity contribution in [3.63, 3.8) is 0 Å². The summed E-state index contributed by atoms with van der Waals surface area (Å²) in [5.74, 6) is -0.941. The first-order valence-electron chi connectivity index (χ1n) is 11.4. The molecule has 0 saturated heterocycles. The average molecular weight is 471 g/mol. The van der Waals surface area contributed by atoms with Crippen LogP contribution in [0.5, 0.6) is 34.5 Å². The molecule has 3 atom stereocenters. The molecule has 6 heteroatoms. The van der Waals surface area contributed by atoms with Gasteiger partial charge in [0.05, 0.1) is 0 Å². The third-order valence-corrected chi connectivity index (χ3v) is 7.03. The van der Waals surface area contributed by atoms with E-state index in [1.54, 1.807) is 43.3 Å². The van der Waals surface area contributed by atoms with Gasteiger partial charge in [0.25, 0.3) is 0 Å². The Balaban J connectivity index is 1.81. The fourth-order valence-corrected chi connectivity index (χ4v) is 5.59. The first-order valence-corrected chi connectivity index (χ1v) is 11.4. The van der Waals surface area contributed by atoms with Crippen LogP contribution < -0.4 is 0 Å². The van der Waals surface area contributed by atoms with Crippen molar-refractivity contribution in [2.24, 2.45) is 0 Å². The van der Waals surface area contributed by atoms with Gasteiger partial charge in [-0.2, -0.15) is 0 Å². The average Bonchev–Trinajstić information content (AvgIpc) is 2.79. The van der Waals surface area contributed by atoms with E-state index in [2.05, 4.69) is 0 Å². The van der Waals surface area contributed by atoms with Gasteiger partial charge in [0.1, 0.15) is 34.5 Å². The van der Waals surface area contributed by atoms with Crippen LogP contribution in [0.15, 0.2) is 72.8 Å². The highest BCUT2D eigenvalue weighted by Crippen LogP contribution is 2.57. The summed E-state index contributed by atoms with van der Waals surface area (Å²) in [5, 5.41) is 62.2. The Morgan fingerprint density at radius 2 is 1.09 bits per heavy atom. The lowest BCUT2D eigenvalue weighted by molar-refractivity contribution is 0.406. The highest BCUT2D eigenvalue weighted by Gasteiger charge is 2.41. The molecule has 0 aliphatic heterocycles. The van der Waals surface area contributed by atoms with E-state index in [-0.39, 0.29) is 46.3 Å². The van der Waals surface area contributed by atoms with E-state index in [0.29, 0.717) is 28.7 Å². The number of phenolic OH excluding ortho intramolecular Hbond substituents is 6. The van der Waals surface area contributed by atoms with E-state index in [0.717, 1.165) is 11.1 Å². The number of rotatable bonds is 3. The molecule has 178 valence electrons. The fraction of sp³-hybridized carbons (Fsp3) is 0.172. The summed E-state index contributed by atoms with van der Waals surface area (Å²) in [6, 6.07) is 19.5. The van der Waals surface area contributed by atoms with E-state index in [1.807, 2.05) is 24.3 Å². The van der Waals surface area contributed by atoms with Crippen LogP contribution in [0.1, 0.15) is 57.6 Å². The second-order valence-corrected chi connectivity index (χ2v) is 9.22. The van der Waals surface area contributed by atoms with Gasteiger partial charge in [0.15, 0.2) is 0 Å². The van der Waals surface area contributed by atoms with Crippen molar-refractivity contribution in [2.45, 2.75) is 31.1 Å². The predicted molar refractivity (Wildman–Crippen MR) is 132 cm³/mol. The summed E-state index contributed by atoms with van der Waals surface area (Å²) in [7, 11) is 0. The van der Waals surface area contributed by atoms with Crippen molar-refractivity contribution in [3.05, 3.63) is 106 Å². The van der Waals surface area contributed by atoms with E-state index in [9.17, 15) is 30.6 Å². The minimum absolute atomic E-state index is 0.0526. The Kier molecular flexibility index (Phi) is 5.44. The SMILES string of the molecule is Cc1cc(O)cc(O)c1C1c2cc(O)cc(O)c2C(c2ccc(O)cc2)CC1c1ccc(O)cc1. The first kappa shape index (κ1) is 22.5. The van der Waals surface area contributed by atoms with Crippen molar-refractivity contribution in [3.8, 4) is 34.5 Å². The lowest BCUT2D eigenvalue weighted by Crippen LogP contribution is -2.25. The lowest BCUT2D eigenvalue weighted by atomic mass is 9.63. The second-order valence-electron chi connectivity index (χ2n) is 9.22. The minimum atomic E-state index is -0.457. The number of aryl methyl sites for hydroxylation is 1. The standard InChI is InChI=1S/C29H26O6/c1-15-10-20(32)12-25(34)27(15)29-23(17-4-8-19(31)9-5-17)14-22(16-2-6-18(30)7-3-16)28-24(29)11-21(33)13-26(28)35/h2-13,22-23,29-35H,14H2,1H3. The van der Waals surface area contributed by atoms with Gasteiger partial charge >= 0.3 is 0 Å². The second kappa shape index (κ2) is 8.47. The Hall–Kier alpha value is -4.32. The Morgan fingerprint density at radius 1 is 0.571 bits per heavy atom. The molecule has 5 rings (SSSR count). The van der Waals surface area contributed by atoms with E-state index >= 15 is 0 Å². The normalized spacial score (nSPS) is 19.3. The zero-order valence-electron chi connectivity index (χ0n) is 19.1. The molecule has 0 aromatic heterocycles. The maximum atomic E-state index is 11.0. The summed E-state index contributed by atoms with van der Waals surface area (Å²) < 4.78 is 0. The Labute approximate surface area is 202 Å². The van der Waals surface area contributed by atoms with Crippen LogP contribution in [0, 0.1) is 6.92 Å². The van der Waals surface area contributed by atoms with E-state index < -0.39 is 5.92 Å². The molecule has 4 aromatic carbocycles. The minimum Gasteiger partial charge on any atom is -0.508 e. The Morgan fingerprint density at radius 3 is 1.66 bits per heavy atom. The van der Waals surface area contributed by atoms with Crippen LogP contribution in [0.2, 0.25) is 0 Å². The molecule has 0 heterocycles. The van der Waals surface area contributed by atoms with Crippen molar-refractivity contribution in [2.75, 3.05) is 0 Å². The summed E-state index contributed by atoms with van der Waals surface area (Å²) in [5.41, 5.74) is 4.37. The molecule has 1 aliphatic carbocycles. The smallest absolute Gasteiger partial charge is 0.123 e. The van der Waals surface area contributed by atoms with Gasteiger partial charge in [-0.3, -0.25) is 0 Å². The number of aromatic hydroxyl groups is 6. The van der Waals surface area contributed by atoms with Crippen molar-refractivity contribution >= 4 is 0 Å². The van der Waals surface area contributed by atoms with Crippen molar-refractivity contribution in [1.82, 2.24) is 0 Å². The van der Waals surface area contributed by atoms with Gasteiger partial charge in [0.2, 0.25) is 0 Å². The molecular formula is C29H26O6. The molecule has 35 heavy (non-hydrogen) atoms. The molecule has 0 spiro atoms. The molecule has 1 aliphatic rings. The number of hydrogen-bond acceptors (Lipinski definition) is 6. The molecule has 0 amide bonds. The maximum absolute atomic E-state index is 11.0. The van der Waals surface area contributed by atoms with E-state index in [4.69, 9.17) is 0 Å². The monoisotopic (exact) mass is 470 g/mol. The molecular weight excluding hydrogens is 444 g/mol. The molecule has 0 bridgehead atoms. The van der Waals surface area contributed by atoms with Crippen LogP contribution in [0.4, 0.5) is 0 Å². The van der Waals surface area contributed by atoms with Gasteiger partial charge in [-0.15, -0.1) is 0 Å². The number of hydrogen-bond donors (Lipinski definition) is 6. The quantitative estimate of drug-likeness (QED) is 0.229. The first-order chi connectivity index (χ1) is 16.7. The molecule has 3 unspecified atom stereocenters. The van der Waals surface area contributed by atoms with Gasteiger partial charge < -0.3 is 30.6 Å². The van der Waals surface area contributed by atoms with Crippen molar-refractivity contribution < 1.29 is 30.6 Å². The Bertz CT molecular complexity index is 1370. The van der Waals surface area contributed by atoms with Crippen LogP contribution in [-0.4, -0.2) is 30.6 Å². The number of fused-ring (bicyclic) bond motifs is 1. The molecule has 6 nitrogen and oxygen atoms in total. The maximum Gasteiger partial charge on any atom is 0.123 e. The fourth-order valence-electron chi connectivity index (χ4n) is 5.59. The number of benzene rings is 4. The van der Waals surface area contributed by atoms with Crippen molar-refractivity contribution in [1.29, 1.82) is 0 Å². The highest BCUT2D eigenvalue weighted by atomic mass is 16.3. The summed E-state index contributed by atoms with van der Waals surface area (Å²) in [6.45, 7) is 1.80. The summed E-state index contributed by atoms with van der Waals surface area (Å²) in [4.78, 5) is 0. The third kappa shape index (κ3) is 3.97. The van der Waals surface area contributed by atoms with Crippen LogP contribution in [-0.2, 0) is 0 Å². The largest absolute Gasteiger partial charge is 0.508 e. The summed E-state index contributed by atoms with van der Waals surface area (Å²) in [6.07, 6.45) is 0.547. The molecule has 0 fully saturated rings. The highest BCUT2D eigenvalue weighted by molar-refractivity contribution is 5.61. The third-order valence-electron chi connectivity index (χ3n) is 7.03. The van der Waals surface area contributed by atoms with Gasteiger partial charge in [-0.25, -0.2) is 0 Å². The van der Waals surface area contributed by atoms with E-state index in [1.165, 1.54) is 12.1 Å². The zero-order valence-corrected chi connectivity index (χ0v) is 19.1. The topological polar surface area (TPSA) is 121 Å². The van der Waals surface area contributed by atoms with Gasteiger partial charge in [0, 0.05) is 35.1 Å². The van der Waals surface area contributed by atoms with Gasteiger partial charge in [-0.1, -0.05) is 24.3 Å². The molecule has 0 saturated carbocycles. The van der Waals surface area contributed by atoms with Crippen LogP contribution in [0.25, 0.3) is 0 Å². The summed E-state index contributed by atoms with van der Waals surface area (Å²) >= 11 is 0. The van der Waals surface area contributed by atoms with Gasteiger partial charge in [-0.05, 0) is 77.9 Å². The predicted octanol–water partition coefficient (Wildman–Crippen LogP) is 5.68. The van der Waals surface area contributed by atoms with Crippen LogP contribution in [0.3, 0.4) is 0 Å². The number of phenols is 6. The zero-order chi connectivity index (χ0) is 24.9. The van der Waals surface area contributed by atoms with Crippen LogP contribution >= 0.6 is 0 Å². The lowest BCUT2D eigenvalue weighted by Gasteiger charge is -2.40. The molecule has 6 N–H and O–H groups in total. The molecule has 4 aromatic rings.